The van der Waals surface area contributed by atoms with E-state index in [0.717, 1.165) is 5.76 Å². The second-order valence-corrected chi connectivity index (χ2v) is 4.38. The Morgan fingerprint density at radius 2 is 2.18 bits per heavy atom. The van der Waals surface area contributed by atoms with Crippen LogP contribution in [-0.2, 0) is 6.42 Å². The molecule has 0 saturated carbocycles. The van der Waals surface area contributed by atoms with Gasteiger partial charge in [-0.25, -0.2) is 4.39 Å². The van der Waals surface area contributed by atoms with Gasteiger partial charge in [0, 0.05) is 17.0 Å². The fraction of sp³-hybridized carbons (Fsp3) is 0.231. The highest BCUT2D eigenvalue weighted by molar-refractivity contribution is 6.30. The Kier molecular flexibility index (Phi) is 3.50. The summed E-state index contributed by atoms with van der Waals surface area (Å²) in [5.74, 6) is 0.312. The zero-order valence-electron chi connectivity index (χ0n) is 9.28. The van der Waals surface area contributed by atoms with E-state index in [1.807, 2.05) is 0 Å². The number of benzene rings is 1. The van der Waals surface area contributed by atoms with E-state index in [2.05, 4.69) is 0 Å². The molecule has 0 saturated heterocycles. The van der Waals surface area contributed by atoms with Crippen LogP contribution >= 0.6 is 11.6 Å². The van der Waals surface area contributed by atoms with Gasteiger partial charge in [-0.2, -0.15) is 0 Å². The van der Waals surface area contributed by atoms with Crippen molar-refractivity contribution < 1.29 is 13.9 Å². The van der Waals surface area contributed by atoms with E-state index in [4.69, 9.17) is 16.0 Å². The van der Waals surface area contributed by atoms with Crippen molar-refractivity contribution in [2.45, 2.75) is 19.4 Å². The summed E-state index contributed by atoms with van der Waals surface area (Å²) in [7, 11) is 0. The second-order valence-electron chi connectivity index (χ2n) is 3.95. The maximum atomic E-state index is 13.5. The highest BCUT2D eigenvalue weighted by Gasteiger charge is 2.13. The van der Waals surface area contributed by atoms with Crippen molar-refractivity contribution in [3.8, 4) is 0 Å². The summed E-state index contributed by atoms with van der Waals surface area (Å²) in [5.41, 5.74) is 1.08. The first-order valence-corrected chi connectivity index (χ1v) is 5.61. The molecule has 0 aliphatic carbocycles. The van der Waals surface area contributed by atoms with Crippen LogP contribution in [0.3, 0.4) is 0 Å². The minimum atomic E-state index is -0.775. The molecule has 2 rings (SSSR count). The van der Waals surface area contributed by atoms with Crippen molar-refractivity contribution in [2.75, 3.05) is 0 Å². The molecule has 0 radical (unpaired) electrons. The van der Waals surface area contributed by atoms with Gasteiger partial charge in [-0.3, -0.25) is 0 Å². The minimum absolute atomic E-state index is 0.196. The third-order valence-electron chi connectivity index (χ3n) is 2.56. The fourth-order valence-corrected chi connectivity index (χ4v) is 1.81. The predicted octanol–water partition coefficient (Wildman–Crippen LogP) is 3.66. The molecule has 0 aliphatic rings. The first-order valence-electron chi connectivity index (χ1n) is 5.23. The Balaban J connectivity index is 2.15. The molecule has 0 aliphatic heterocycles. The molecule has 1 aromatic carbocycles. The first kappa shape index (κ1) is 12.1. The predicted molar refractivity (Wildman–Crippen MR) is 63.5 cm³/mol. The van der Waals surface area contributed by atoms with Crippen LogP contribution in [0.1, 0.15) is 23.0 Å². The molecule has 0 spiro atoms. The molecular formula is C13H12ClFO2. The van der Waals surface area contributed by atoms with E-state index in [9.17, 15) is 9.50 Å². The summed E-state index contributed by atoms with van der Waals surface area (Å²) in [6.07, 6.45) is 0.902. The molecule has 0 bridgehead atoms. The molecular weight excluding hydrogens is 243 g/mol. The highest BCUT2D eigenvalue weighted by Crippen LogP contribution is 2.23. The molecule has 1 aromatic heterocycles. The van der Waals surface area contributed by atoms with Crippen molar-refractivity contribution in [3.05, 3.63) is 58.3 Å². The molecule has 2 aromatic rings. The molecule has 1 N–H and O–H groups in total. The number of hydrogen-bond donors (Lipinski definition) is 1. The maximum absolute atomic E-state index is 13.5. The lowest BCUT2D eigenvalue weighted by atomic mass is 10.0. The van der Waals surface area contributed by atoms with E-state index < -0.39 is 11.9 Å². The largest absolute Gasteiger partial charge is 0.469 e. The second kappa shape index (κ2) is 4.90. The topological polar surface area (TPSA) is 33.4 Å². The number of furan rings is 1. The van der Waals surface area contributed by atoms with Crippen LogP contribution in [0.25, 0.3) is 0 Å². The molecule has 17 heavy (non-hydrogen) atoms. The van der Waals surface area contributed by atoms with E-state index in [-0.39, 0.29) is 6.42 Å². The Morgan fingerprint density at radius 1 is 1.41 bits per heavy atom. The van der Waals surface area contributed by atoms with E-state index in [1.54, 1.807) is 25.1 Å². The van der Waals surface area contributed by atoms with Gasteiger partial charge in [0.15, 0.2) is 0 Å². The van der Waals surface area contributed by atoms with Crippen LogP contribution in [-0.4, -0.2) is 5.11 Å². The summed E-state index contributed by atoms with van der Waals surface area (Å²) < 4.78 is 18.6. The van der Waals surface area contributed by atoms with Gasteiger partial charge in [0.1, 0.15) is 11.6 Å². The Bertz CT molecular complexity index is 522. The number of rotatable bonds is 3. The molecule has 2 nitrogen and oxygen atoms in total. The quantitative estimate of drug-likeness (QED) is 0.907. The first-order chi connectivity index (χ1) is 8.06. The van der Waals surface area contributed by atoms with Gasteiger partial charge in [0.25, 0.3) is 0 Å². The summed E-state index contributed by atoms with van der Waals surface area (Å²) in [5, 5.41) is 10.3. The zero-order valence-corrected chi connectivity index (χ0v) is 10.0. The number of halogens is 2. The standard InChI is InChI=1S/C13H12ClFO2/c1-8-4-10(7-17-8)13(16)5-9-2-3-11(14)6-12(9)15/h2-4,6-7,13,16H,5H2,1H3. The van der Waals surface area contributed by atoms with Gasteiger partial charge in [0.05, 0.1) is 12.4 Å². The minimum Gasteiger partial charge on any atom is -0.469 e. The van der Waals surface area contributed by atoms with Crippen molar-refractivity contribution in [1.29, 1.82) is 0 Å². The van der Waals surface area contributed by atoms with Crippen LogP contribution in [0.5, 0.6) is 0 Å². The Morgan fingerprint density at radius 3 is 2.76 bits per heavy atom. The van der Waals surface area contributed by atoms with E-state index >= 15 is 0 Å². The number of aryl methyl sites for hydroxylation is 1. The van der Waals surface area contributed by atoms with Crippen LogP contribution in [0.2, 0.25) is 5.02 Å². The van der Waals surface area contributed by atoms with Gasteiger partial charge in [-0.15, -0.1) is 0 Å². The van der Waals surface area contributed by atoms with Gasteiger partial charge in [0.2, 0.25) is 0 Å². The molecule has 0 amide bonds. The molecule has 1 atom stereocenters. The average molecular weight is 255 g/mol. The van der Waals surface area contributed by atoms with E-state index in [1.165, 1.54) is 12.3 Å². The van der Waals surface area contributed by atoms with Crippen molar-refractivity contribution >= 4 is 11.6 Å². The molecule has 0 fully saturated rings. The number of aliphatic hydroxyl groups is 1. The van der Waals surface area contributed by atoms with Gasteiger partial charge in [-0.1, -0.05) is 17.7 Å². The zero-order chi connectivity index (χ0) is 12.4. The van der Waals surface area contributed by atoms with Crippen LogP contribution in [0.15, 0.2) is 34.9 Å². The lowest BCUT2D eigenvalue weighted by molar-refractivity contribution is 0.176. The van der Waals surface area contributed by atoms with Crippen molar-refractivity contribution in [3.63, 3.8) is 0 Å². The Hall–Kier alpha value is -1.32. The van der Waals surface area contributed by atoms with Gasteiger partial charge in [-0.05, 0) is 30.7 Å². The summed E-state index contributed by atoms with van der Waals surface area (Å²) in [6.45, 7) is 1.79. The lowest BCUT2D eigenvalue weighted by Crippen LogP contribution is -2.02. The third-order valence-corrected chi connectivity index (χ3v) is 2.80. The molecule has 1 unspecified atom stereocenters. The van der Waals surface area contributed by atoms with Crippen molar-refractivity contribution in [2.24, 2.45) is 0 Å². The van der Waals surface area contributed by atoms with E-state index in [0.29, 0.717) is 16.1 Å². The van der Waals surface area contributed by atoms with Crippen LogP contribution in [0.4, 0.5) is 4.39 Å². The highest BCUT2D eigenvalue weighted by atomic mass is 35.5. The SMILES string of the molecule is Cc1cc(C(O)Cc2ccc(Cl)cc2F)co1. The summed E-state index contributed by atoms with van der Waals surface area (Å²) in [6, 6.07) is 6.16. The average Bonchev–Trinajstić information content (AvgIpc) is 2.69. The van der Waals surface area contributed by atoms with Gasteiger partial charge < -0.3 is 9.52 Å². The third kappa shape index (κ3) is 2.87. The number of hydrogen-bond acceptors (Lipinski definition) is 2. The molecule has 4 heteroatoms. The smallest absolute Gasteiger partial charge is 0.127 e. The summed E-state index contributed by atoms with van der Waals surface area (Å²) >= 11 is 5.66. The molecule has 1 heterocycles. The van der Waals surface area contributed by atoms with Gasteiger partial charge >= 0.3 is 0 Å². The lowest BCUT2D eigenvalue weighted by Gasteiger charge is -2.09. The normalized spacial score (nSPS) is 12.7. The Labute approximate surface area is 104 Å². The number of aliphatic hydroxyl groups excluding tert-OH is 1. The van der Waals surface area contributed by atoms with Crippen molar-refractivity contribution in [1.82, 2.24) is 0 Å². The van der Waals surface area contributed by atoms with Crippen LogP contribution < -0.4 is 0 Å². The molecule has 90 valence electrons. The maximum Gasteiger partial charge on any atom is 0.127 e. The summed E-state index contributed by atoms with van der Waals surface area (Å²) in [4.78, 5) is 0. The monoisotopic (exact) mass is 254 g/mol. The fourth-order valence-electron chi connectivity index (χ4n) is 1.65. The van der Waals surface area contributed by atoms with Crippen LogP contribution in [0, 0.1) is 12.7 Å².